The van der Waals surface area contributed by atoms with Crippen LogP contribution in [0.15, 0.2) is 30.3 Å². The van der Waals surface area contributed by atoms with E-state index in [4.69, 9.17) is 17.3 Å². The minimum Gasteiger partial charge on any atom is -0.327 e. The van der Waals surface area contributed by atoms with Crippen molar-refractivity contribution >= 4 is 11.6 Å². The lowest BCUT2D eigenvalue weighted by Gasteiger charge is -2.20. The van der Waals surface area contributed by atoms with E-state index in [2.05, 4.69) is 24.2 Å². The number of benzene rings is 1. The fourth-order valence-corrected chi connectivity index (χ4v) is 2.54. The Hall–Kier alpha value is -1.32. The number of nitrogens with zero attached hydrogens (tertiary/aromatic N) is 2. The van der Waals surface area contributed by atoms with Gasteiger partial charge in [-0.3, -0.25) is 4.68 Å². The summed E-state index contributed by atoms with van der Waals surface area (Å²) >= 11 is 6.27. The number of aryl methyl sites for hydroxylation is 2. The Morgan fingerprint density at radius 1 is 1.32 bits per heavy atom. The highest BCUT2D eigenvalue weighted by Crippen LogP contribution is 2.25. The first-order valence-electron chi connectivity index (χ1n) is 6.49. The van der Waals surface area contributed by atoms with E-state index >= 15 is 0 Å². The molecule has 1 aromatic carbocycles. The van der Waals surface area contributed by atoms with E-state index in [1.807, 2.05) is 36.9 Å². The van der Waals surface area contributed by atoms with Crippen LogP contribution in [-0.4, -0.2) is 15.8 Å². The number of hydrogen-bond acceptors (Lipinski definition) is 2. The van der Waals surface area contributed by atoms with Crippen LogP contribution in [0.1, 0.15) is 29.8 Å². The van der Waals surface area contributed by atoms with Gasteiger partial charge in [0.1, 0.15) is 0 Å². The minimum atomic E-state index is 0.0229. The second kappa shape index (κ2) is 5.76. The Labute approximate surface area is 119 Å². The molecule has 2 N–H and O–H groups in total. The third kappa shape index (κ3) is 2.99. The van der Waals surface area contributed by atoms with E-state index in [-0.39, 0.29) is 12.0 Å². The Morgan fingerprint density at radius 3 is 2.47 bits per heavy atom. The first-order valence-corrected chi connectivity index (χ1v) is 6.87. The van der Waals surface area contributed by atoms with Gasteiger partial charge in [-0.2, -0.15) is 5.10 Å². The maximum absolute atomic E-state index is 6.33. The van der Waals surface area contributed by atoms with Crippen molar-refractivity contribution in [3.63, 3.8) is 0 Å². The molecule has 2 unspecified atom stereocenters. The van der Waals surface area contributed by atoms with Crippen molar-refractivity contribution in [2.45, 2.75) is 32.2 Å². The molecule has 0 aliphatic carbocycles. The number of nitrogens with two attached hydrogens (primary N) is 1. The van der Waals surface area contributed by atoms with Crippen LogP contribution in [0.25, 0.3) is 0 Å². The third-order valence-electron chi connectivity index (χ3n) is 3.66. The van der Waals surface area contributed by atoms with Crippen molar-refractivity contribution < 1.29 is 0 Å². The van der Waals surface area contributed by atoms with Crippen molar-refractivity contribution in [2.24, 2.45) is 12.8 Å². The van der Waals surface area contributed by atoms with Gasteiger partial charge >= 0.3 is 0 Å². The van der Waals surface area contributed by atoms with E-state index in [9.17, 15) is 0 Å². The van der Waals surface area contributed by atoms with Crippen LogP contribution in [-0.2, 0) is 13.5 Å². The van der Waals surface area contributed by atoms with Crippen molar-refractivity contribution in [1.29, 1.82) is 0 Å². The lowest BCUT2D eigenvalue weighted by atomic mass is 9.91. The first kappa shape index (κ1) is 14.1. The Morgan fingerprint density at radius 2 is 1.95 bits per heavy atom. The first-order chi connectivity index (χ1) is 9.00. The molecule has 0 fully saturated rings. The van der Waals surface area contributed by atoms with E-state index in [0.717, 1.165) is 22.8 Å². The predicted octanol–water partition coefficient (Wildman–Crippen LogP) is 3.06. The van der Waals surface area contributed by atoms with Crippen LogP contribution in [0, 0.1) is 6.92 Å². The topological polar surface area (TPSA) is 43.8 Å². The molecule has 2 aromatic rings. The average Bonchev–Trinajstić information content (AvgIpc) is 2.65. The summed E-state index contributed by atoms with van der Waals surface area (Å²) in [4.78, 5) is 0. The molecular formula is C15H20ClN3. The van der Waals surface area contributed by atoms with E-state index in [0.29, 0.717) is 0 Å². The van der Waals surface area contributed by atoms with E-state index in [1.165, 1.54) is 5.56 Å². The number of aromatic nitrogens is 2. The molecule has 3 nitrogen and oxygen atoms in total. The molecule has 0 aliphatic rings. The second-order valence-electron chi connectivity index (χ2n) is 5.04. The normalized spacial score (nSPS) is 14.4. The zero-order valence-corrected chi connectivity index (χ0v) is 12.4. The summed E-state index contributed by atoms with van der Waals surface area (Å²) < 4.78 is 1.83. The summed E-state index contributed by atoms with van der Waals surface area (Å²) in [6.07, 6.45) is 0.728. The third-order valence-corrected chi connectivity index (χ3v) is 4.15. The molecule has 0 saturated carbocycles. The highest BCUT2D eigenvalue weighted by atomic mass is 35.5. The smallest absolute Gasteiger partial charge is 0.0847 e. The number of hydrogen-bond donors (Lipinski definition) is 1. The SMILES string of the molecule is Cc1nn(C)c(CC(N)C(C)c2ccccc2)c1Cl. The summed E-state index contributed by atoms with van der Waals surface area (Å²) in [6, 6.07) is 10.3. The molecule has 2 rings (SSSR count). The van der Waals surface area contributed by atoms with Gasteiger partial charge in [0.25, 0.3) is 0 Å². The molecule has 0 aliphatic heterocycles. The fraction of sp³-hybridized carbons (Fsp3) is 0.400. The summed E-state index contributed by atoms with van der Waals surface area (Å²) in [7, 11) is 1.91. The molecule has 19 heavy (non-hydrogen) atoms. The van der Waals surface area contributed by atoms with Crippen LogP contribution < -0.4 is 5.73 Å². The van der Waals surface area contributed by atoms with Crippen molar-refractivity contribution in [3.8, 4) is 0 Å². The molecule has 0 spiro atoms. The Kier molecular flexibility index (Phi) is 4.27. The molecule has 0 saturated heterocycles. The molecular weight excluding hydrogens is 258 g/mol. The summed E-state index contributed by atoms with van der Waals surface area (Å²) in [6.45, 7) is 4.06. The van der Waals surface area contributed by atoms with Gasteiger partial charge < -0.3 is 5.73 Å². The van der Waals surface area contributed by atoms with Gasteiger partial charge in [-0.15, -0.1) is 0 Å². The fourth-order valence-electron chi connectivity index (χ4n) is 2.31. The average molecular weight is 278 g/mol. The van der Waals surface area contributed by atoms with Crippen molar-refractivity contribution in [2.75, 3.05) is 0 Å². The lowest BCUT2D eigenvalue weighted by molar-refractivity contribution is 0.541. The van der Waals surface area contributed by atoms with Crippen LogP contribution >= 0.6 is 11.6 Å². The van der Waals surface area contributed by atoms with Gasteiger partial charge in [0.2, 0.25) is 0 Å². The predicted molar refractivity (Wildman–Crippen MR) is 79.5 cm³/mol. The number of halogens is 1. The van der Waals surface area contributed by atoms with E-state index < -0.39 is 0 Å². The van der Waals surface area contributed by atoms with E-state index in [1.54, 1.807) is 0 Å². The van der Waals surface area contributed by atoms with Crippen LogP contribution in [0.3, 0.4) is 0 Å². The van der Waals surface area contributed by atoms with Crippen LogP contribution in [0.5, 0.6) is 0 Å². The molecule has 0 radical (unpaired) electrons. The standard InChI is InChI=1S/C15H20ClN3/c1-10(12-7-5-4-6-8-12)13(17)9-14-15(16)11(2)18-19(14)3/h4-8,10,13H,9,17H2,1-3H3. The van der Waals surface area contributed by atoms with Gasteiger partial charge in [-0.1, -0.05) is 48.9 Å². The molecule has 2 atom stereocenters. The molecule has 0 amide bonds. The highest BCUT2D eigenvalue weighted by molar-refractivity contribution is 6.31. The van der Waals surface area contributed by atoms with Gasteiger partial charge in [0.05, 0.1) is 16.4 Å². The van der Waals surface area contributed by atoms with Gasteiger partial charge in [-0.05, 0) is 18.4 Å². The monoisotopic (exact) mass is 277 g/mol. The lowest BCUT2D eigenvalue weighted by Crippen LogP contribution is -2.30. The molecule has 102 valence electrons. The van der Waals surface area contributed by atoms with Crippen molar-refractivity contribution in [1.82, 2.24) is 9.78 Å². The quantitative estimate of drug-likeness (QED) is 0.933. The van der Waals surface area contributed by atoms with Gasteiger partial charge in [0.15, 0.2) is 0 Å². The summed E-state index contributed by atoms with van der Waals surface area (Å²) in [5, 5.41) is 5.06. The molecule has 0 bridgehead atoms. The second-order valence-corrected chi connectivity index (χ2v) is 5.41. The zero-order chi connectivity index (χ0) is 14.0. The van der Waals surface area contributed by atoms with Crippen molar-refractivity contribution in [3.05, 3.63) is 52.3 Å². The number of rotatable bonds is 4. The molecule has 4 heteroatoms. The van der Waals surface area contributed by atoms with Crippen LogP contribution in [0.2, 0.25) is 5.02 Å². The van der Waals surface area contributed by atoms with Gasteiger partial charge in [0, 0.05) is 19.5 Å². The minimum absolute atomic E-state index is 0.0229. The highest BCUT2D eigenvalue weighted by Gasteiger charge is 2.19. The largest absolute Gasteiger partial charge is 0.327 e. The molecule has 1 heterocycles. The van der Waals surface area contributed by atoms with Crippen LogP contribution in [0.4, 0.5) is 0 Å². The summed E-state index contributed by atoms with van der Waals surface area (Å²) in [5.41, 5.74) is 9.45. The Bertz CT molecular complexity index is 548. The maximum Gasteiger partial charge on any atom is 0.0847 e. The molecule has 1 aromatic heterocycles. The zero-order valence-electron chi connectivity index (χ0n) is 11.6. The van der Waals surface area contributed by atoms with Gasteiger partial charge in [-0.25, -0.2) is 0 Å². The Balaban J connectivity index is 2.15. The summed E-state index contributed by atoms with van der Waals surface area (Å²) in [5.74, 6) is 0.285. The maximum atomic E-state index is 6.33.